The lowest BCUT2D eigenvalue weighted by atomic mass is 10.1. The molecule has 0 spiro atoms. The number of thiophene rings is 1. The molecule has 1 atom stereocenters. The first-order chi connectivity index (χ1) is 16.5. The first-order valence-corrected chi connectivity index (χ1v) is 13.0. The summed E-state index contributed by atoms with van der Waals surface area (Å²) < 4.78 is 5.87. The van der Waals surface area contributed by atoms with Gasteiger partial charge in [-0.1, -0.05) is 0 Å². The molecule has 0 bridgehead atoms. The Morgan fingerprint density at radius 1 is 1.06 bits per heavy atom. The molecule has 3 aromatic rings. The van der Waals surface area contributed by atoms with E-state index in [4.69, 9.17) is 9.72 Å². The molecule has 0 radical (unpaired) electrons. The maximum atomic E-state index is 13.4. The second-order valence-corrected chi connectivity index (χ2v) is 10.8. The van der Waals surface area contributed by atoms with Gasteiger partial charge in [-0.2, -0.15) is 0 Å². The molecule has 7 heteroatoms. The van der Waals surface area contributed by atoms with E-state index in [1.807, 2.05) is 29.3 Å². The Balaban J connectivity index is 1.16. The Kier molecular flexibility index (Phi) is 5.54. The van der Waals surface area contributed by atoms with Gasteiger partial charge in [0.2, 0.25) is 0 Å². The van der Waals surface area contributed by atoms with Crippen molar-refractivity contribution in [3.8, 4) is 16.2 Å². The average Bonchev–Trinajstić information content (AvgIpc) is 3.34. The lowest BCUT2D eigenvalue weighted by Crippen LogP contribution is -2.36. The van der Waals surface area contributed by atoms with Crippen molar-refractivity contribution in [2.24, 2.45) is 0 Å². The predicted octanol–water partition coefficient (Wildman–Crippen LogP) is 4.69. The van der Waals surface area contributed by atoms with Crippen molar-refractivity contribution in [3.05, 3.63) is 59.1 Å². The Bertz CT molecular complexity index is 1180. The van der Waals surface area contributed by atoms with E-state index in [2.05, 4.69) is 48.2 Å². The number of amides is 1. The highest BCUT2D eigenvalue weighted by atomic mass is 32.1. The molecular formula is C27H30N4O2S. The van der Waals surface area contributed by atoms with E-state index < -0.39 is 0 Å². The summed E-state index contributed by atoms with van der Waals surface area (Å²) in [6, 6.07) is 15.1. The number of carbonyl (C=O) groups excluding carboxylic acids is 1. The van der Waals surface area contributed by atoms with Crippen LogP contribution in [0.5, 0.6) is 5.75 Å². The smallest absolute Gasteiger partial charge is 0.268 e. The van der Waals surface area contributed by atoms with Crippen molar-refractivity contribution >= 4 is 28.7 Å². The number of ether oxygens (including phenoxy) is 1. The number of hydrogen-bond donors (Lipinski definition) is 0. The van der Waals surface area contributed by atoms with Crippen LogP contribution >= 0.6 is 11.3 Å². The second kappa shape index (κ2) is 8.71. The molecule has 3 aliphatic rings. The van der Waals surface area contributed by atoms with Gasteiger partial charge in [-0.15, -0.1) is 11.3 Å². The zero-order valence-electron chi connectivity index (χ0n) is 19.7. The summed E-state index contributed by atoms with van der Waals surface area (Å²) in [5.74, 6) is 2.00. The molecule has 1 amide bonds. The predicted molar refractivity (Wildman–Crippen MR) is 137 cm³/mol. The van der Waals surface area contributed by atoms with Crippen LogP contribution in [0, 0.1) is 0 Å². The number of hydrogen-bond acceptors (Lipinski definition) is 6. The third-order valence-corrected chi connectivity index (χ3v) is 8.30. The molecule has 0 N–H and O–H groups in total. The minimum Gasteiger partial charge on any atom is -0.490 e. The standard InChI is InChI=1S/C27H30N4O2S/c1-29(2)21-12-13-30(17-21)25-10-5-20(16-28-25)31-14-11-19-15-24(34-26(19)27(31)32)18-3-6-22(7-4-18)33-23-8-9-23/h3-7,10,15-16,21,23H,8-9,11-14,17H2,1-2H3. The van der Waals surface area contributed by atoms with Crippen molar-refractivity contribution in [2.45, 2.75) is 37.8 Å². The molecule has 1 aliphatic carbocycles. The fraction of sp³-hybridized carbons (Fsp3) is 0.407. The highest BCUT2D eigenvalue weighted by Gasteiger charge is 2.29. The Morgan fingerprint density at radius 3 is 2.56 bits per heavy atom. The molecule has 176 valence electrons. The van der Waals surface area contributed by atoms with Gasteiger partial charge in [-0.25, -0.2) is 4.98 Å². The van der Waals surface area contributed by atoms with Crippen LogP contribution in [0.4, 0.5) is 11.5 Å². The molecule has 1 aromatic carbocycles. The van der Waals surface area contributed by atoms with Gasteiger partial charge in [0.05, 0.1) is 22.9 Å². The van der Waals surface area contributed by atoms with E-state index in [1.165, 1.54) is 0 Å². The fourth-order valence-corrected chi connectivity index (χ4v) is 5.98. The molecule has 1 unspecified atom stereocenters. The third-order valence-electron chi connectivity index (χ3n) is 7.08. The van der Waals surface area contributed by atoms with Crippen LogP contribution in [0.1, 0.15) is 34.5 Å². The van der Waals surface area contributed by atoms with Crippen molar-refractivity contribution in [2.75, 3.05) is 43.5 Å². The molecular weight excluding hydrogens is 444 g/mol. The summed E-state index contributed by atoms with van der Waals surface area (Å²) in [4.78, 5) is 26.6. The SMILES string of the molecule is CN(C)C1CCN(c2ccc(N3CCc4cc(-c5ccc(OC6CC6)cc5)sc4C3=O)cn2)C1. The molecule has 2 aliphatic heterocycles. The van der Waals surface area contributed by atoms with Crippen LogP contribution in [-0.2, 0) is 6.42 Å². The number of rotatable bonds is 6. The monoisotopic (exact) mass is 474 g/mol. The first kappa shape index (κ1) is 21.6. The van der Waals surface area contributed by atoms with Gasteiger partial charge in [0.1, 0.15) is 11.6 Å². The van der Waals surface area contributed by atoms with Crippen LogP contribution in [0.15, 0.2) is 48.7 Å². The number of likely N-dealkylation sites (N-methyl/N-ethyl adjacent to an activating group) is 1. The molecule has 2 fully saturated rings. The van der Waals surface area contributed by atoms with E-state index >= 15 is 0 Å². The highest BCUT2D eigenvalue weighted by Crippen LogP contribution is 2.37. The van der Waals surface area contributed by atoms with Crippen LogP contribution in [0.25, 0.3) is 10.4 Å². The topological polar surface area (TPSA) is 48.9 Å². The number of anilines is 2. The van der Waals surface area contributed by atoms with Crippen molar-refractivity contribution < 1.29 is 9.53 Å². The maximum Gasteiger partial charge on any atom is 0.268 e. The number of carbonyl (C=O) groups is 1. The Labute approximate surface area is 204 Å². The molecule has 1 saturated heterocycles. The Hall–Kier alpha value is -2.90. The van der Waals surface area contributed by atoms with Crippen molar-refractivity contribution in [3.63, 3.8) is 0 Å². The number of fused-ring (bicyclic) bond motifs is 1. The molecule has 2 aromatic heterocycles. The molecule has 4 heterocycles. The van der Waals surface area contributed by atoms with Gasteiger partial charge in [0.15, 0.2) is 0 Å². The largest absolute Gasteiger partial charge is 0.490 e. The van der Waals surface area contributed by atoms with Gasteiger partial charge in [-0.3, -0.25) is 4.79 Å². The van der Waals surface area contributed by atoms with Gasteiger partial charge >= 0.3 is 0 Å². The lowest BCUT2D eigenvalue weighted by molar-refractivity contribution is 0.0985. The number of nitrogens with zero attached hydrogens (tertiary/aromatic N) is 4. The normalized spacial score (nSPS) is 20.2. The quantitative estimate of drug-likeness (QED) is 0.519. The number of pyridine rings is 1. The van der Waals surface area contributed by atoms with E-state index in [9.17, 15) is 4.79 Å². The molecule has 34 heavy (non-hydrogen) atoms. The van der Waals surface area contributed by atoms with E-state index in [1.54, 1.807) is 11.3 Å². The van der Waals surface area contributed by atoms with Gasteiger partial charge in [-0.05, 0) is 93.4 Å². The summed E-state index contributed by atoms with van der Waals surface area (Å²) in [7, 11) is 4.27. The molecule has 6 nitrogen and oxygen atoms in total. The zero-order chi connectivity index (χ0) is 23.2. The molecule has 6 rings (SSSR count). The van der Waals surface area contributed by atoms with Crippen LogP contribution in [0.2, 0.25) is 0 Å². The Morgan fingerprint density at radius 2 is 1.88 bits per heavy atom. The zero-order valence-corrected chi connectivity index (χ0v) is 20.6. The fourth-order valence-electron chi connectivity index (χ4n) is 4.81. The summed E-state index contributed by atoms with van der Waals surface area (Å²) in [5.41, 5.74) is 3.16. The number of benzene rings is 1. The van der Waals surface area contributed by atoms with Gasteiger partial charge < -0.3 is 19.4 Å². The van der Waals surface area contributed by atoms with E-state index in [0.29, 0.717) is 18.7 Å². The van der Waals surface area contributed by atoms with E-state index in [-0.39, 0.29) is 5.91 Å². The van der Waals surface area contributed by atoms with Gasteiger partial charge in [0, 0.05) is 30.6 Å². The summed E-state index contributed by atoms with van der Waals surface area (Å²) in [5, 5.41) is 0. The third kappa shape index (κ3) is 4.18. The lowest BCUT2D eigenvalue weighted by Gasteiger charge is -2.27. The first-order valence-electron chi connectivity index (χ1n) is 12.1. The van der Waals surface area contributed by atoms with Crippen LogP contribution in [-0.4, -0.2) is 61.7 Å². The minimum atomic E-state index is 0.0783. The van der Waals surface area contributed by atoms with E-state index in [0.717, 1.165) is 76.9 Å². The maximum absolute atomic E-state index is 13.4. The summed E-state index contributed by atoms with van der Waals surface area (Å²) in [6.07, 6.45) is 6.59. The second-order valence-electron chi connectivity index (χ2n) is 9.74. The van der Waals surface area contributed by atoms with Gasteiger partial charge in [0.25, 0.3) is 5.91 Å². The molecule has 1 saturated carbocycles. The average molecular weight is 475 g/mol. The number of aromatic nitrogens is 1. The van der Waals surface area contributed by atoms with Crippen LogP contribution in [0.3, 0.4) is 0 Å². The summed E-state index contributed by atoms with van der Waals surface area (Å²) >= 11 is 1.59. The highest BCUT2D eigenvalue weighted by molar-refractivity contribution is 7.17. The van der Waals surface area contributed by atoms with Crippen LogP contribution < -0.4 is 14.5 Å². The summed E-state index contributed by atoms with van der Waals surface area (Å²) in [6.45, 7) is 2.70. The minimum absolute atomic E-state index is 0.0783. The van der Waals surface area contributed by atoms with Crippen molar-refractivity contribution in [1.82, 2.24) is 9.88 Å². The van der Waals surface area contributed by atoms with Crippen molar-refractivity contribution in [1.29, 1.82) is 0 Å².